The van der Waals surface area contributed by atoms with Gasteiger partial charge >= 0.3 is 5.97 Å². The summed E-state index contributed by atoms with van der Waals surface area (Å²) in [6, 6.07) is 11.9. The second kappa shape index (κ2) is 6.26. The van der Waals surface area contributed by atoms with Gasteiger partial charge in [-0.2, -0.15) is 0 Å². The number of sulfone groups is 1. The van der Waals surface area contributed by atoms with Crippen molar-refractivity contribution >= 4 is 32.4 Å². The van der Waals surface area contributed by atoms with Gasteiger partial charge in [-0.25, -0.2) is 8.42 Å². The molecule has 1 aliphatic rings. The molecule has 1 aliphatic carbocycles. The summed E-state index contributed by atoms with van der Waals surface area (Å²) in [5.41, 5.74) is 0. The molecule has 2 aromatic rings. The summed E-state index contributed by atoms with van der Waals surface area (Å²) in [6.07, 6.45) is 1.33. The van der Waals surface area contributed by atoms with Crippen molar-refractivity contribution in [3.8, 4) is 0 Å². The monoisotopic (exact) mass is 360 g/mol. The molecule has 2 unspecified atom stereocenters. The number of ketones is 1. The van der Waals surface area contributed by atoms with Gasteiger partial charge in [0.2, 0.25) is 0 Å². The highest BCUT2D eigenvalue weighted by Gasteiger charge is 2.54. The van der Waals surface area contributed by atoms with Gasteiger partial charge in [0, 0.05) is 12.8 Å². The Labute approximate surface area is 146 Å². The van der Waals surface area contributed by atoms with E-state index in [1.54, 1.807) is 18.2 Å². The highest BCUT2D eigenvalue weighted by molar-refractivity contribution is 7.93. The first-order valence-corrected chi connectivity index (χ1v) is 9.73. The quantitative estimate of drug-likeness (QED) is 0.904. The van der Waals surface area contributed by atoms with E-state index in [0.717, 1.165) is 10.8 Å². The van der Waals surface area contributed by atoms with E-state index in [0.29, 0.717) is 19.3 Å². The number of benzene rings is 2. The van der Waals surface area contributed by atoms with Crippen LogP contribution in [0, 0.1) is 5.92 Å². The zero-order valence-electron chi connectivity index (χ0n) is 13.9. The molecule has 0 aliphatic heterocycles. The van der Waals surface area contributed by atoms with Gasteiger partial charge in [-0.3, -0.25) is 9.59 Å². The van der Waals surface area contributed by atoms with E-state index in [1.165, 1.54) is 19.1 Å². The third-order valence-corrected chi connectivity index (χ3v) is 7.77. The molecule has 0 aromatic heterocycles. The molecule has 1 fully saturated rings. The molecular weight excluding hydrogens is 340 g/mol. The second-order valence-electron chi connectivity index (χ2n) is 6.76. The number of Topliss-reactive ketones (excluding diaryl/α,β-unsaturated/α-hetero) is 1. The van der Waals surface area contributed by atoms with Crippen LogP contribution < -0.4 is 0 Å². The van der Waals surface area contributed by atoms with Crippen LogP contribution in [0.2, 0.25) is 0 Å². The first kappa shape index (κ1) is 17.6. The van der Waals surface area contributed by atoms with Crippen LogP contribution in [0.25, 0.3) is 10.8 Å². The molecule has 25 heavy (non-hydrogen) atoms. The molecular formula is C19H20O5S. The normalized spacial score (nSPS) is 21.0. The first-order valence-electron chi connectivity index (χ1n) is 8.25. The van der Waals surface area contributed by atoms with Crippen LogP contribution >= 0.6 is 0 Å². The molecule has 5 nitrogen and oxygen atoms in total. The van der Waals surface area contributed by atoms with Crippen LogP contribution in [0.1, 0.15) is 32.6 Å². The highest BCUT2D eigenvalue weighted by atomic mass is 32.2. The summed E-state index contributed by atoms with van der Waals surface area (Å²) >= 11 is 0. The van der Waals surface area contributed by atoms with Crippen LogP contribution in [-0.2, 0) is 19.4 Å². The Balaban J connectivity index is 2.13. The Kier molecular flexibility index (Phi) is 4.41. The van der Waals surface area contributed by atoms with Gasteiger partial charge in [0.05, 0.1) is 4.90 Å². The van der Waals surface area contributed by atoms with Gasteiger partial charge in [0.1, 0.15) is 5.78 Å². The molecule has 6 heteroatoms. The summed E-state index contributed by atoms with van der Waals surface area (Å²) in [7, 11) is -4.17. The van der Waals surface area contributed by atoms with E-state index in [2.05, 4.69) is 0 Å². The number of carboxylic acids is 1. The molecule has 132 valence electrons. The number of hydrogen-bond donors (Lipinski definition) is 1. The lowest BCUT2D eigenvalue weighted by atomic mass is 9.79. The zero-order chi connectivity index (χ0) is 18.2. The van der Waals surface area contributed by atoms with E-state index in [4.69, 9.17) is 0 Å². The van der Waals surface area contributed by atoms with Gasteiger partial charge in [0.25, 0.3) is 0 Å². The number of hydrogen-bond acceptors (Lipinski definition) is 4. The second-order valence-corrected chi connectivity index (χ2v) is 9.08. The molecule has 3 rings (SSSR count). The smallest absolute Gasteiger partial charge is 0.325 e. The van der Waals surface area contributed by atoms with E-state index in [-0.39, 0.29) is 17.1 Å². The minimum Gasteiger partial charge on any atom is -0.480 e. The first-order chi connectivity index (χ1) is 11.8. The van der Waals surface area contributed by atoms with Crippen molar-refractivity contribution in [3.63, 3.8) is 0 Å². The Morgan fingerprint density at radius 1 is 1.16 bits per heavy atom. The average molecular weight is 360 g/mol. The molecule has 0 heterocycles. The van der Waals surface area contributed by atoms with Crippen LogP contribution in [0.4, 0.5) is 0 Å². The van der Waals surface area contributed by atoms with Gasteiger partial charge in [-0.05, 0) is 48.6 Å². The Morgan fingerprint density at radius 3 is 2.48 bits per heavy atom. The number of aliphatic carboxylic acids is 1. The predicted octanol–water partition coefficient (Wildman–Crippen LogP) is 3.22. The largest absolute Gasteiger partial charge is 0.480 e. The Morgan fingerprint density at radius 2 is 1.84 bits per heavy atom. The van der Waals surface area contributed by atoms with Crippen LogP contribution in [-0.4, -0.2) is 30.0 Å². The van der Waals surface area contributed by atoms with E-state index >= 15 is 0 Å². The average Bonchev–Trinajstić information content (AvgIpc) is 2.60. The van der Waals surface area contributed by atoms with Crippen LogP contribution in [0.15, 0.2) is 47.4 Å². The summed E-state index contributed by atoms with van der Waals surface area (Å²) in [5.74, 6) is -2.19. The van der Waals surface area contributed by atoms with Crippen LogP contribution in [0.3, 0.4) is 0 Å². The third-order valence-electron chi connectivity index (χ3n) is 5.28. The molecule has 1 saturated carbocycles. The van der Waals surface area contributed by atoms with Crippen molar-refractivity contribution < 1.29 is 23.1 Å². The lowest BCUT2D eigenvalue weighted by Gasteiger charge is -2.35. The molecule has 2 aromatic carbocycles. The molecule has 0 radical (unpaired) electrons. The number of fused-ring (bicyclic) bond motifs is 1. The lowest BCUT2D eigenvalue weighted by molar-refractivity contribution is -0.141. The standard InChI is InChI=1S/C19H20O5S/c1-19(18(21)22,15-7-4-8-16(20)12-15)25(23,24)17-10-9-13-5-2-3-6-14(13)11-17/h2-3,5-6,9-11,15H,4,7-8,12H2,1H3,(H,21,22). The molecule has 0 amide bonds. The Bertz CT molecular complexity index is 947. The van der Waals surface area contributed by atoms with Crippen molar-refractivity contribution in [2.24, 2.45) is 5.92 Å². The fraction of sp³-hybridized carbons (Fsp3) is 0.368. The predicted molar refractivity (Wildman–Crippen MR) is 94.1 cm³/mol. The molecule has 0 spiro atoms. The number of carbonyl (C=O) groups excluding carboxylic acids is 1. The molecule has 2 atom stereocenters. The maximum absolute atomic E-state index is 13.3. The van der Waals surface area contributed by atoms with Crippen molar-refractivity contribution in [1.82, 2.24) is 0 Å². The zero-order valence-corrected chi connectivity index (χ0v) is 14.8. The fourth-order valence-electron chi connectivity index (χ4n) is 3.58. The van der Waals surface area contributed by atoms with Crippen molar-refractivity contribution in [1.29, 1.82) is 0 Å². The SMILES string of the molecule is CC(C(=O)O)(C1CCCC(=O)C1)S(=O)(=O)c1ccc2ccccc2c1. The highest BCUT2D eigenvalue weighted by Crippen LogP contribution is 2.40. The minimum absolute atomic E-state index is 0.00435. The maximum Gasteiger partial charge on any atom is 0.325 e. The van der Waals surface area contributed by atoms with Crippen molar-refractivity contribution in [3.05, 3.63) is 42.5 Å². The topological polar surface area (TPSA) is 88.5 Å². The number of rotatable bonds is 4. The Hall–Kier alpha value is -2.21. The van der Waals surface area contributed by atoms with Gasteiger partial charge < -0.3 is 5.11 Å². The lowest BCUT2D eigenvalue weighted by Crippen LogP contribution is -2.51. The van der Waals surface area contributed by atoms with Gasteiger partial charge in [-0.15, -0.1) is 0 Å². The third kappa shape index (κ3) is 2.84. The molecule has 0 bridgehead atoms. The summed E-state index contributed by atoms with van der Waals surface area (Å²) < 4.78 is 24.5. The van der Waals surface area contributed by atoms with Gasteiger partial charge in [0.15, 0.2) is 14.6 Å². The van der Waals surface area contributed by atoms with Gasteiger partial charge in [-0.1, -0.05) is 30.3 Å². The minimum atomic E-state index is -4.17. The van der Waals surface area contributed by atoms with Crippen molar-refractivity contribution in [2.75, 3.05) is 0 Å². The molecule has 1 N–H and O–H groups in total. The van der Waals surface area contributed by atoms with E-state index < -0.39 is 26.5 Å². The van der Waals surface area contributed by atoms with E-state index in [9.17, 15) is 23.1 Å². The van der Waals surface area contributed by atoms with E-state index in [1.807, 2.05) is 12.1 Å². The maximum atomic E-state index is 13.3. The summed E-state index contributed by atoms with van der Waals surface area (Å²) in [4.78, 5) is 23.8. The van der Waals surface area contributed by atoms with Crippen LogP contribution in [0.5, 0.6) is 0 Å². The number of carbonyl (C=O) groups is 2. The summed E-state index contributed by atoms with van der Waals surface area (Å²) in [6.45, 7) is 1.24. The number of carboxylic acid groups (broad SMARTS) is 1. The molecule has 0 saturated heterocycles. The fourth-order valence-corrected chi connectivity index (χ4v) is 5.47. The summed E-state index contributed by atoms with van der Waals surface area (Å²) in [5, 5.41) is 11.4. The van der Waals surface area contributed by atoms with Crippen molar-refractivity contribution in [2.45, 2.75) is 42.2 Å².